The zero-order valence-electron chi connectivity index (χ0n) is 19.3. The number of aliphatic hydroxyl groups is 1. The lowest BCUT2D eigenvalue weighted by atomic mass is 9.95. The zero-order valence-corrected chi connectivity index (χ0v) is 20.9. The minimum Gasteiger partial charge on any atom is -0.507 e. The largest absolute Gasteiger partial charge is 0.507 e. The minimum atomic E-state index is -0.789. The van der Waals surface area contributed by atoms with Crippen molar-refractivity contribution < 1.29 is 23.8 Å². The van der Waals surface area contributed by atoms with Gasteiger partial charge in [-0.3, -0.25) is 9.59 Å². The second-order valence-corrected chi connectivity index (χ2v) is 9.44. The standard InChI is InChI=1S/C28H22BrFN2O4/c1-36-21-10-11-23-22(14-21)18(15-31-23)12-13-32-25(16-2-6-19(29)7-3-16)24(27(34)28(32)35)26(33)17-4-8-20(30)9-5-17/h2-11,14-15,25,31,33H,12-13H2,1H3/t25-/m1/s1. The number of ether oxygens (including phenoxy) is 1. The highest BCUT2D eigenvalue weighted by atomic mass is 79.9. The van der Waals surface area contributed by atoms with Crippen molar-refractivity contribution in [1.82, 2.24) is 9.88 Å². The van der Waals surface area contributed by atoms with E-state index in [2.05, 4.69) is 20.9 Å². The van der Waals surface area contributed by atoms with Crippen LogP contribution in [0.15, 0.2) is 83.0 Å². The third-order valence-corrected chi connectivity index (χ3v) is 6.97. The van der Waals surface area contributed by atoms with Gasteiger partial charge < -0.3 is 19.7 Å². The first kappa shape index (κ1) is 23.8. The van der Waals surface area contributed by atoms with Crippen LogP contribution in [0.25, 0.3) is 16.7 Å². The van der Waals surface area contributed by atoms with E-state index >= 15 is 0 Å². The fourth-order valence-corrected chi connectivity index (χ4v) is 4.86. The molecule has 0 spiro atoms. The summed E-state index contributed by atoms with van der Waals surface area (Å²) in [5, 5.41) is 12.1. The van der Waals surface area contributed by atoms with Gasteiger partial charge in [0.1, 0.15) is 17.3 Å². The molecule has 0 bridgehead atoms. The number of Topliss-reactive ketones (excluding diaryl/α,β-unsaturated/α-hetero) is 1. The number of hydrogen-bond donors (Lipinski definition) is 2. The Labute approximate surface area is 215 Å². The lowest BCUT2D eigenvalue weighted by Gasteiger charge is -2.25. The fourth-order valence-electron chi connectivity index (χ4n) is 4.60. The molecule has 36 heavy (non-hydrogen) atoms. The van der Waals surface area contributed by atoms with E-state index in [-0.39, 0.29) is 23.4 Å². The van der Waals surface area contributed by atoms with Crippen molar-refractivity contribution in [2.24, 2.45) is 0 Å². The molecular formula is C28H22BrFN2O4. The number of likely N-dealkylation sites (tertiary alicyclic amines) is 1. The van der Waals surface area contributed by atoms with Crippen molar-refractivity contribution in [1.29, 1.82) is 0 Å². The molecule has 2 N–H and O–H groups in total. The van der Waals surface area contributed by atoms with Crippen molar-refractivity contribution >= 4 is 44.3 Å². The number of benzene rings is 3. The van der Waals surface area contributed by atoms with Gasteiger partial charge in [0.05, 0.1) is 18.7 Å². The van der Waals surface area contributed by atoms with Crippen LogP contribution in [0.1, 0.15) is 22.7 Å². The molecule has 4 aromatic rings. The van der Waals surface area contributed by atoms with Gasteiger partial charge in [-0.1, -0.05) is 28.1 Å². The molecular weight excluding hydrogens is 527 g/mol. The number of nitrogens with zero attached hydrogens (tertiary/aromatic N) is 1. The number of carbonyl (C=O) groups excluding carboxylic acids is 2. The Kier molecular flexibility index (Phi) is 6.36. The van der Waals surface area contributed by atoms with E-state index in [1.165, 1.54) is 29.2 Å². The van der Waals surface area contributed by atoms with Gasteiger partial charge in [-0.05, 0) is 72.1 Å². The van der Waals surface area contributed by atoms with Gasteiger partial charge in [0, 0.05) is 33.7 Å². The van der Waals surface area contributed by atoms with Crippen LogP contribution in [0.5, 0.6) is 5.75 Å². The van der Waals surface area contributed by atoms with Crippen LogP contribution in [-0.4, -0.2) is 40.3 Å². The number of aromatic amines is 1. The van der Waals surface area contributed by atoms with Gasteiger partial charge >= 0.3 is 0 Å². The number of rotatable bonds is 6. The molecule has 8 heteroatoms. The lowest BCUT2D eigenvalue weighted by Crippen LogP contribution is -2.31. The van der Waals surface area contributed by atoms with Crippen molar-refractivity contribution in [2.45, 2.75) is 12.5 Å². The Balaban J connectivity index is 1.55. The number of nitrogens with one attached hydrogen (secondary N) is 1. The predicted molar refractivity (Wildman–Crippen MR) is 138 cm³/mol. The van der Waals surface area contributed by atoms with Gasteiger partial charge in [0.15, 0.2) is 0 Å². The van der Waals surface area contributed by atoms with Gasteiger partial charge in [-0.15, -0.1) is 0 Å². The summed E-state index contributed by atoms with van der Waals surface area (Å²) in [6.07, 6.45) is 2.36. The zero-order chi connectivity index (χ0) is 25.4. The monoisotopic (exact) mass is 548 g/mol. The quantitative estimate of drug-likeness (QED) is 0.183. The molecule has 1 saturated heterocycles. The van der Waals surface area contributed by atoms with Crippen LogP contribution in [0.4, 0.5) is 4.39 Å². The lowest BCUT2D eigenvalue weighted by molar-refractivity contribution is -0.139. The Morgan fingerprint density at radius 2 is 1.81 bits per heavy atom. The molecule has 1 aliphatic heterocycles. The highest BCUT2D eigenvalue weighted by molar-refractivity contribution is 9.10. The average Bonchev–Trinajstić information content (AvgIpc) is 3.40. The van der Waals surface area contributed by atoms with Crippen LogP contribution in [-0.2, 0) is 16.0 Å². The summed E-state index contributed by atoms with van der Waals surface area (Å²) in [5.74, 6) is -1.54. The van der Waals surface area contributed by atoms with E-state index in [1.807, 2.05) is 48.7 Å². The summed E-state index contributed by atoms with van der Waals surface area (Å²) in [6, 6.07) is 17.3. The summed E-state index contributed by atoms with van der Waals surface area (Å²) < 4.78 is 19.6. The molecule has 1 fully saturated rings. The molecule has 6 nitrogen and oxygen atoms in total. The van der Waals surface area contributed by atoms with Gasteiger partial charge in [-0.25, -0.2) is 4.39 Å². The van der Waals surface area contributed by atoms with Crippen molar-refractivity contribution in [3.8, 4) is 5.75 Å². The number of aromatic nitrogens is 1. The molecule has 2 heterocycles. The van der Waals surface area contributed by atoms with E-state index in [1.54, 1.807) is 7.11 Å². The van der Waals surface area contributed by atoms with Crippen molar-refractivity contribution in [2.75, 3.05) is 13.7 Å². The summed E-state index contributed by atoms with van der Waals surface area (Å²) >= 11 is 3.41. The Hall–Kier alpha value is -3.91. The molecule has 1 atom stereocenters. The normalized spacial score (nSPS) is 17.2. The molecule has 0 radical (unpaired) electrons. The SMILES string of the molecule is COc1ccc2[nH]cc(CCN3C(=O)C(=O)C(=C(O)c4ccc(F)cc4)[C@H]3c3ccc(Br)cc3)c2c1. The van der Waals surface area contributed by atoms with E-state index < -0.39 is 23.5 Å². The van der Waals surface area contributed by atoms with Crippen LogP contribution in [0.2, 0.25) is 0 Å². The molecule has 1 amide bonds. The maximum absolute atomic E-state index is 13.5. The Bertz CT molecular complexity index is 1490. The van der Waals surface area contributed by atoms with E-state index in [9.17, 15) is 19.1 Å². The topological polar surface area (TPSA) is 82.6 Å². The van der Waals surface area contributed by atoms with E-state index in [0.29, 0.717) is 12.0 Å². The maximum atomic E-state index is 13.5. The maximum Gasteiger partial charge on any atom is 0.295 e. The number of aliphatic hydroxyl groups excluding tert-OH is 1. The van der Waals surface area contributed by atoms with Crippen LogP contribution in [0, 0.1) is 5.82 Å². The molecule has 5 rings (SSSR count). The molecule has 0 saturated carbocycles. The van der Waals surface area contributed by atoms with Crippen molar-refractivity contribution in [3.05, 3.63) is 105 Å². The summed E-state index contributed by atoms with van der Waals surface area (Å²) in [4.78, 5) is 31.1. The van der Waals surface area contributed by atoms with Crippen LogP contribution >= 0.6 is 15.9 Å². The average molecular weight is 549 g/mol. The Morgan fingerprint density at radius 3 is 2.50 bits per heavy atom. The Morgan fingerprint density at radius 1 is 1.08 bits per heavy atom. The first-order valence-corrected chi connectivity index (χ1v) is 12.1. The van der Waals surface area contributed by atoms with E-state index in [0.717, 1.165) is 26.7 Å². The third-order valence-electron chi connectivity index (χ3n) is 6.44. The van der Waals surface area contributed by atoms with Crippen LogP contribution < -0.4 is 4.74 Å². The summed E-state index contributed by atoms with van der Waals surface area (Å²) in [7, 11) is 1.60. The van der Waals surface area contributed by atoms with E-state index in [4.69, 9.17) is 4.74 Å². The molecule has 182 valence electrons. The number of amides is 1. The van der Waals surface area contributed by atoms with Gasteiger partial charge in [-0.2, -0.15) is 0 Å². The molecule has 3 aromatic carbocycles. The predicted octanol–water partition coefficient (Wildman–Crippen LogP) is 5.74. The first-order valence-electron chi connectivity index (χ1n) is 11.3. The number of hydrogen-bond acceptors (Lipinski definition) is 4. The number of H-pyrrole nitrogens is 1. The van der Waals surface area contributed by atoms with Crippen LogP contribution in [0.3, 0.4) is 0 Å². The van der Waals surface area contributed by atoms with Gasteiger partial charge in [0.25, 0.3) is 11.7 Å². The molecule has 0 unspecified atom stereocenters. The summed E-state index contributed by atoms with van der Waals surface area (Å²) in [5.41, 5.74) is 2.84. The highest BCUT2D eigenvalue weighted by Crippen LogP contribution is 2.40. The second kappa shape index (κ2) is 9.62. The second-order valence-electron chi connectivity index (χ2n) is 8.53. The highest BCUT2D eigenvalue weighted by Gasteiger charge is 2.45. The fraction of sp³-hybridized carbons (Fsp3) is 0.143. The molecule has 0 aliphatic carbocycles. The minimum absolute atomic E-state index is 0.0190. The number of halogens is 2. The summed E-state index contributed by atoms with van der Waals surface area (Å²) in [6.45, 7) is 0.246. The smallest absolute Gasteiger partial charge is 0.295 e. The first-order chi connectivity index (χ1) is 17.4. The third kappa shape index (κ3) is 4.28. The molecule has 1 aromatic heterocycles. The van der Waals surface area contributed by atoms with Gasteiger partial charge in [0.2, 0.25) is 0 Å². The number of fused-ring (bicyclic) bond motifs is 1. The molecule has 1 aliphatic rings. The number of carbonyl (C=O) groups is 2. The number of methoxy groups -OCH3 is 1. The van der Waals surface area contributed by atoms with Crippen molar-refractivity contribution in [3.63, 3.8) is 0 Å². The number of ketones is 1.